The topological polar surface area (TPSA) is 106 Å². The number of carbonyl (C=O) groups excluding carboxylic acids is 3. The second-order valence-electron chi connectivity index (χ2n) is 6.13. The summed E-state index contributed by atoms with van der Waals surface area (Å²) in [7, 11) is 0. The summed E-state index contributed by atoms with van der Waals surface area (Å²) in [5.74, 6) is -1.33. The third-order valence-electron chi connectivity index (χ3n) is 2.78. The fraction of sp³-hybridized carbons (Fsp3) is 0.375. The van der Waals surface area contributed by atoms with E-state index in [4.69, 9.17) is 28.8 Å². The first kappa shape index (κ1) is 21.7. The van der Waals surface area contributed by atoms with Crippen LogP contribution < -0.4 is 16.0 Å². The van der Waals surface area contributed by atoms with Crippen molar-refractivity contribution in [3.63, 3.8) is 0 Å². The van der Waals surface area contributed by atoms with Gasteiger partial charge in [-0.3, -0.25) is 10.1 Å². The molecule has 0 aromatic heterocycles. The van der Waals surface area contributed by atoms with Crippen LogP contribution in [0.5, 0.6) is 0 Å². The van der Waals surface area contributed by atoms with Gasteiger partial charge in [0.05, 0.1) is 0 Å². The van der Waals surface area contributed by atoms with E-state index in [1.54, 1.807) is 51.1 Å². The van der Waals surface area contributed by atoms with Gasteiger partial charge in [-0.15, -0.1) is 0 Å². The zero-order chi connectivity index (χ0) is 19.7. The van der Waals surface area contributed by atoms with Crippen molar-refractivity contribution in [2.45, 2.75) is 32.4 Å². The van der Waals surface area contributed by atoms with Crippen LogP contribution in [0, 0.1) is 0 Å². The molecule has 0 fully saturated rings. The van der Waals surface area contributed by atoms with Gasteiger partial charge in [-0.05, 0) is 45.1 Å². The Hall–Kier alpha value is -2.39. The van der Waals surface area contributed by atoms with Crippen molar-refractivity contribution < 1.29 is 23.4 Å². The molecule has 0 radical (unpaired) electrons. The first-order valence-corrected chi connectivity index (χ1v) is 8.30. The molecule has 0 saturated carbocycles. The Labute approximate surface area is 161 Å². The Morgan fingerprint density at radius 1 is 1.19 bits per heavy atom. The van der Waals surface area contributed by atoms with Crippen LogP contribution in [-0.4, -0.2) is 41.3 Å². The molecule has 142 valence electrons. The van der Waals surface area contributed by atoms with E-state index in [-0.39, 0.29) is 11.7 Å². The van der Waals surface area contributed by atoms with Crippen molar-refractivity contribution >= 4 is 47.2 Å². The highest BCUT2D eigenvalue weighted by Gasteiger charge is 2.26. The van der Waals surface area contributed by atoms with Crippen molar-refractivity contribution in [1.82, 2.24) is 16.0 Å². The Morgan fingerprint density at radius 3 is 2.35 bits per heavy atom. The SMILES string of the molecule is CC(C)(C)OC(=O)NC(CNC(=S)NC(=O)c1ccccc1)C(=O)OCl. The molecular weight excluding hydrogens is 382 g/mol. The number of alkyl carbamates (subject to hydrolysis) is 1. The van der Waals surface area contributed by atoms with Crippen LogP contribution >= 0.6 is 24.1 Å². The lowest BCUT2D eigenvalue weighted by Crippen LogP contribution is -2.51. The third kappa shape index (κ3) is 8.13. The Morgan fingerprint density at radius 2 is 1.81 bits per heavy atom. The minimum absolute atomic E-state index is 0.0304. The van der Waals surface area contributed by atoms with Crippen molar-refractivity contribution in [2.75, 3.05) is 6.54 Å². The number of rotatable bonds is 5. The van der Waals surface area contributed by atoms with Crippen molar-refractivity contribution in [2.24, 2.45) is 0 Å². The van der Waals surface area contributed by atoms with Crippen LogP contribution in [0.4, 0.5) is 4.79 Å². The standard InChI is InChI=1S/C16H20ClN3O5S/c1-16(2,3)24-15(23)19-11(13(22)25-17)9-18-14(26)20-12(21)10-7-5-4-6-8-10/h4-8,11H,9H2,1-3H3,(H,19,23)(H2,18,20,21,26). The first-order valence-electron chi connectivity index (χ1n) is 7.58. The lowest BCUT2D eigenvalue weighted by atomic mass is 10.2. The summed E-state index contributed by atoms with van der Waals surface area (Å²) >= 11 is 10.1. The number of hydrogen-bond donors (Lipinski definition) is 3. The van der Waals surface area contributed by atoms with Crippen LogP contribution in [-0.2, 0) is 13.8 Å². The van der Waals surface area contributed by atoms with Gasteiger partial charge in [-0.2, -0.15) is 0 Å². The Kier molecular flexibility index (Phi) is 8.27. The molecule has 3 N–H and O–H groups in total. The molecule has 0 spiro atoms. The molecule has 8 nitrogen and oxygen atoms in total. The Balaban J connectivity index is 2.57. The summed E-state index contributed by atoms with van der Waals surface area (Å²) in [6, 6.07) is 7.27. The summed E-state index contributed by atoms with van der Waals surface area (Å²) < 4.78 is 9.18. The maximum absolute atomic E-state index is 12.0. The summed E-state index contributed by atoms with van der Waals surface area (Å²) in [6.45, 7) is 4.86. The molecule has 1 unspecified atom stereocenters. The average molecular weight is 402 g/mol. The molecule has 2 amide bonds. The fourth-order valence-electron chi connectivity index (χ4n) is 1.70. The van der Waals surface area contributed by atoms with E-state index in [1.807, 2.05) is 0 Å². The highest BCUT2D eigenvalue weighted by atomic mass is 35.5. The van der Waals surface area contributed by atoms with E-state index in [0.29, 0.717) is 5.56 Å². The highest BCUT2D eigenvalue weighted by molar-refractivity contribution is 7.80. The summed E-state index contributed by atoms with van der Waals surface area (Å²) in [6.07, 6.45) is -0.828. The lowest BCUT2D eigenvalue weighted by molar-refractivity contribution is -0.136. The first-order chi connectivity index (χ1) is 12.1. The van der Waals surface area contributed by atoms with Crippen LogP contribution in [0.1, 0.15) is 31.1 Å². The summed E-state index contributed by atoms with van der Waals surface area (Å²) in [5, 5.41) is 7.37. The predicted molar refractivity (Wildman–Crippen MR) is 99.6 cm³/mol. The lowest BCUT2D eigenvalue weighted by Gasteiger charge is -2.22. The zero-order valence-corrected chi connectivity index (χ0v) is 16.1. The van der Waals surface area contributed by atoms with E-state index >= 15 is 0 Å². The zero-order valence-electron chi connectivity index (χ0n) is 14.5. The number of ether oxygens (including phenoxy) is 1. The van der Waals surface area contributed by atoms with Crippen molar-refractivity contribution in [3.8, 4) is 0 Å². The molecule has 1 atom stereocenters. The fourth-order valence-corrected chi connectivity index (χ4v) is 1.98. The van der Waals surface area contributed by atoms with Gasteiger partial charge in [-0.1, -0.05) is 18.2 Å². The van der Waals surface area contributed by atoms with Gasteiger partial charge in [0, 0.05) is 12.1 Å². The summed E-state index contributed by atoms with van der Waals surface area (Å²) in [4.78, 5) is 35.4. The highest BCUT2D eigenvalue weighted by Crippen LogP contribution is 2.07. The van der Waals surface area contributed by atoms with Gasteiger partial charge in [-0.25, -0.2) is 9.59 Å². The Bertz CT molecular complexity index is 664. The van der Waals surface area contributed by atoms with Crippen LogP contribution in [0.2, 0.25) is 0 Å². The van der Waals surface area contributed by atoms with E-state index in [1.165, 1.54) is 0 Å². The van der Waals surface area contributed by atoms with Gasteiger partial charge in [0.15, 0.2) is 5.11 Å². The molecule has 0 bridgehead atoms. The van der Waals surface area contributed by atoms with E-state index < -0.39 is 29.6 Å². The van der Waals surface area contributed by atoms with Crippen molar-refractivity contribution in [1.29, 1.82) is 0 Å². The predicted octanol–water partition coefficient (Wildman–Crippen LogP) is 1.88. The smallest absolute Gasteiger partial charge is 0.408 e. The van der Waals surface area contributed by atoms with Gasteiger partial charge in [0.2, 0.25) is 0 Å². The van der Waals surface area contributed by atoms with Gasteiger partial charge >= 0.3 is 12.1 Å². The van der Waals surface area contributed by atoms with Crippen molar-refractivity contribution in [3.05, 3.63) is 35.9 Å². The van der Waals surface area contributed by atoms with Gasteiger partial charge in [0.25, 0.3) is 5.91 Å². The second kappa shape index (κ2) is 9.93. The van der Waals surface area contributed by atoms with E-state index in [2.05, 4.69) is 20.2 Å². The number of nitrogens with one attached hydrogen (secondary N) is 3. The van der Waals surface area contributed by atoms with Crippen LogP contribution in [0.25, 0.3) is 0 Å². The number of benzene rings is 1. The van der Waals surface area contributed by atoms with E-state index in [9.17, 15) is 14.4 Å². The molecule has 0 aliphatic rings. The average Bonchev–Trinajstić information content (AvgIpc) is 2.57. The molecule has 0 saturated heterocycles. The number of amides is 2. The molecule has 0 aliphatic heterocycles. The molecule has 0 heterocycles. The maximum Gasteiger partial charge on any atom is 0.408 e. The quantitative estimate of drug-likeness (QED) is 0.647. The molecule has 10 heteroatoms. The maximum atomic E-state index is 12.0. The normalized spacial score (nSPS) is 11.7. The molecule has 1 aromatic carbocycles. The number of thiocarbonyl (C=S) groups is 1. The third-order valence-corrected chi connectivity index (χ3v) is 3.18. The largest absolute Gasteiger partial charge is 0.444 e. The molecule has 1 rings (SSSR count). The number of hydrogen-bond acceptors (Lipinski definition) is 6. The second-order valence-corrected chi connectivity index (χ2v) is 6.69. The van der Waals surface area contributed by atoms with Crippen LogP contribution in [0.3, 0.4) is 0 Å². The van der Waals surface area contributed by atoms with Gasteiger partial charge < -0.3 is 19.7 Å². The molecule has 26 heavy (non-hydrogen) atoms. The minimum atomic E-state index is -1.17. The van der Waals surface area contributed by atoms with Crippen LogP contribution in [0.15, 0.2) is 30.3 Å². The minimum Gasteiger partial charge on any atom is -0.444 e. The van der Waals surface area contributed by atoms with E-state index in [0.717, 1.165) is 0 Å². The monoisotopic (exact) mass is 401 g/mol. The van der Waals surface area contributed by atoms with Gasteiger partial charge in [0.1, 0.15) is 23.5 Å². The molecular formula is C16H20ClN3O5S. The molecule has 1 aromatic rings. The molecule has 0 aliphatic carbocycles. The summed E-state index contributed by atoms with van der Waals surface area (Å²) in [5.41, 5.74) is -0.327. The number of halogens is 1. The number of carbonyl (C=O) groups is 3.